The lowest BCUT2D eigenvalue weighted by Gasteiger charge is -2.12. The maximum atomic E-state index is 12.5. The number of alkyl halides is 3. The zero-order chi connectivity index (χ0) is 11.6. The van der Waals surface area contributed by atoms with Crippen molar-refractivity contribution in [1.82, 2.24) is 0 Å². The molecule has 0 aliphatic carbocycles. The molecule has 0 saturated carbocycles. The van der Waals surface area contributed by atoms with Crippen LogP contribution in [0.2, 0.25) is 0 Å². The Balaban J connectivity index is 3.29. The molecule has 0 unspecified atom stereocenters. The topological polar surface area (TPSA) is 0 Å². The van der Waals surface area contributed by atoms with Gasteiger partial charge in [-0.05, 0) is 29.2 Å². The SMILES string of the molecule is C=Cc1cc(C(C)C)cc(C(F)(F)F)c1. The normalized spacial score (nSPS) is 11.9. The van der Waals surface area contributed by atoms with Crippen LogP contribution in [0.4, 0.5) is 13.2 Å². The van der Waals surface area contributed by atoms with Crippen LogP contribution in [0.15, 0.2) is 24.8 Å². The van der Waals surface area contributed by atoms with Crippen LogP contribution in [0, 0.1) is 0 Å². The van der Waals surface area contributed by atoms with Gasteiger partial charge in [-0.15, -0.1) is 0 Å². The van der Waals surface area contributed by atoms with Crippen molar-refractivity contribution in [3.8, 4) is 0 Å². The summed E-state index contributed by atoms with van der Waals surface area (Å²) in [6, 6.07) is 4.03. The molecule has 0 spiro atoms. The Labute approximate surface area is 87.4 Å². The Kier molecular flexibility index (Phi) is 3.22. The fourth-order valence-electron chi connectivity index (χ4n) is 1.29. The van der Waals surface area contributed by atoms with Gasteiger partial charge in [0.15, 0.2) is 0 Å². The van der Waals surface area contributed by atoms with E-state index in [1.165, 1.54) is 12.1 Å². The molecule has 0 N–H and O–H groups in total. The van der Waals surface area contributed by atoms with Gasteiger partial charge < -0.3 is 0 Å². The molecule has 0 atom stereocenters. The van der Waals surface area contributed by atoms with E-state index in [2.05, 4.69) is 6.58 Å². The molecule has 0 amide bonds. The first kappa shape index (κ1) is 11.8. The van der Waals surface area contributed by atoms with E-state index in [-0.39, 0.29) is 5.92 Å². The average Bonchev–Trinajstić information content (AvgIpc) is 2.15. The summed E-state index contributed by atoms with van der Waals surface area (Å²) in [6.07, 6.45) is -2.86. The van der Waals surface area contributed by atoms with Gasteiger partial charge in [-0.25, -0.2) is 0 Å². The zero-order valence-corrected chi connectivity index (χ0v) is 8.73. The smallest absolute Gasteiger partial charge is 0.166 e. The molecule has 0 heterocycles. The summed E-state index contributed by atoms with van der Waals surface area (Å²) < 4.78 is 37.5. The lowest BCUT2D eigenvalue weighted by Crippen LogP contribution is -2.06. The molecule has 0 aliphatic heterocycles. The Morgan fingerprint density at radius 1 is 1.20 bits per heavy atom. The van der Waals surface area contributed by atoms with E-state index in [9.17, 15) is 13.2 Å². The molecule has 15 heavy (non-hydrogen) atoms. The fraction of sp³-hybridized carbons (Fsp3) is 0.333. The molecule has 0 saturated heterocycles. The van der Waals surface area contributed by atoms with Crippen LogP contribution in [0.5, 0.6) is 0 Å². The Bertz CT molecular complexity index is 362. The van der Waals surface area contributed by atoms with Crippen molar-refractivity contribution in [2.45, 2.75) is 25.9 Å². The quantitative estimate of drug-likeness (QED) is 0.681. The molecule has 1 aromatic carbocycles. The third kappa shape index (κ3) is 2.85. The van der Waals surface area contributed by atoms with Crippen LogP contribution in [0.3, 0.4) is 0 Å². The van der Waals surface area contributed by atoms with E-state index in [1.54, 1.807) is 6.07 Å². The largest absolute Gasteiger partial charge is 0.416 e. The van der Waals surface area contributed by atoms with Gasteiger partial charge in [-0.2, -0.15) is 13.2 Å². The number of rotatable bonds is 2. The molecule has 1 rings (SSSR count). The van der Waals surface area contributed by atoms with Crippen molar-refractivity contribution in [2.75, 3.05) is 0 Å². The monoisotopic (exact) mass is 214 g/mol. The second-order valence-electron chi connectivity index (χ2n) is 3.74. The van der Waals surface area contributed by atoms with Crippen LogP contribution in [-0.4, -0.2) is 0 Å². The summed E-state index contributed by atoms with van der Waals surface area (Å²) in [5.74, 6) is 0.0750. The summed E-state index contributed by atoms with van der Waals surface area (Å²) in [5.41, 5.74) is 0.580. The van der Waals surface area contributed by atoms with Crippen molar-refractivity contribution >= 4 is 6.08 Å². The van der Waals surface area contributed by atoms with Gasteiger partial charge in [-0.3, -0.25) is 0 Å². The summed E-state index contributed by atoms with van der Waals surface area (Å²) in [5, 5.41) is 0. The zero-order valence-electron chi connectivity index (χ0n) is 8.73. The van der Waals surface area contributed by atoms with Crippen LogP contribution < -0.4 is 0 Å². The summed E-state index contributed by atoms with van der Waals surface area (Å²) >= 11 is 0. The average molecular weight is 214 g/mol. The highest BCUT2D eigenvalue weighted by molar-refractivity contribution is 5.51. The van der Waals surface area contributed by atoms with Crippen LogP contribution in [-0.2, 0) is 6.18 Å². The Hall–Kier alpha value is -1.25. The lowest BCUT2D eigenvalue weighted by atomic mass is 9.97. The highest BCUT2D eigenvalue weighted by Crippen LogP contribution is 2.32. The lowest BCUT2D eigenvalue weighted by molar-refractivity contribution is -0.137. The van der Waals surface area contributed by atoms with Crippen LogP contribution in [0.25, 0.3) is 6.08 Å². The maximum absolute atomic E-state index is 12.5. The van der Waals surface area contributed by atoms with Gasteiger partial charge in [0, 0.05) is 0 Å². The Morgan fingerprint density at radius 3 is 2.20 bits per heavy atom. The van der Waals surface area contributed by atoms with E-state index in [0.717, 1.165) is 6.07 Å². The molecule has 0 bridgehead atoms. The Morgan fingerprint density at radius 2 is 1.80 bits per heavy atom. The van der Waals surface area contributed by atoms with Crippen molar-refractivity contribution in [2.24, 2.45) is 0 Å². The van der Waals surface area contributed by atoms with Crippen molar-refractivity contribution in [3.63, 3.8) is 0 Å². The third-order valence-corrected chi connectivity index (χ3v) is 2.21. The fourth-order valence-corrected chi connectivity index (χ4v) is 1.29. The molecule has 0 radical (unpaired) electrons. The van der Waals surface area contributed by atoms with Gasteiger partial charge in [-0.1, -0.05) is 32.6 Å². The minimum Gasteiger partial charge on any atom is -0.166 e. The minimum atomic E-state index is -4.29. The number of hydrogen-bond donors (Lipinski definition) is 0. The summed E-state index contributed by atoms with van der Waals surface area (Å²) in [4.78, 5) is 0. The van der Waals surface area contributed by atoms with Gasteiger partial charge >= 0.3 is 6.18 Å². The second-order valence-corrected chi connectivity index (χ2v) is 3.74. The number of benzene rings is 1. The summed E-state index contributed by atoms with van der Waals surface area (Å²) in [6.45, 7) is 7.21. The molecule has 1 aromatic rings. The highest BCUT2D eigenvalue weighted by atomic mass is 19.4. The van der Waals surface area contributed by atoms with Crippen molar-refractivity contribution < 1.29 is 13.2 Å². The van der Waals surface area contributed by atoms with Crippen LogP contribution >= 0.6 is 0 Å². The number of halogens is 3. The van der Waals surface area contributed by atoms with Crippen molar-refractivity contribution in [1.29, 1.82) is 0 Å². The molecule has 0 fully saturated rings. The van der Waals surface area contributed by atoms with Gasteiger partial charge in [0.1, 0.15) is 0 Å². The highest BCUT2D eigenvalue weighted by Gasteiger charge is 2.31. The molecule has 3 heteroatoms. The van der Waals surface area contributed by atoms with E-state index in [4.69, 9.17) is 0 Å². The van der Waals surface area contributed by atoms with Crippen LogP contribution in [0.1, 0.15) is 36.5 Å². The predicted molar refractivity (Wildman–Crippen MR) is 55.6 cm³/mol. The molecular formula is C12H13F3. The molecule has 0 aliphatic rings. The molecule has 0 nitrogen and oxygen atoms in total. The molecular weight excluding hydrogens is 201 g/mol. The first-order valence-electron chi connectivity index (χ1n) is 4.69. The molecule has 82 valence electrons. The number of hydrogen-bond acceptors (Lipinski definition) is 0. The van der Waals surface area contributed by atoms with E-state index in [0.29, 0.717) is 11.1 Å². The third-order valence-electron chi connectivity index (χ3n) is 2.21. The second kappa shape index (κ2) is 4.09. The maximum Gasteiger partial charge on any atom is 0.416 e. The van der Waals surface area contributed by atoms with E-state index >= 15 is 0 Å². The van der Waals surface area contributed by atoms with E-state index < -0.39 is 11.7 Å². The first-order valence-corrected chi connectivity index (χ1v) is 4.69. The minimum absolute atomic E-state index is 0.0750. The van der Waals surface area contributed by atoms with Gasteiger partial charge in [0.25, 0.3) is 0 Å². The first-order chi connectivity index (χ1) is 6.84. The standard InChI is InChI=1S/C12H13F3/c1-4-9-5-10(8(2)3)7-11(6-9)12(13,14)15/h4-8H,1H2,2-3H3. The van der Waals surface area contributed by atoms with E-state index in [1.807, 2.05) is 13.8 Å². The summed E-state index contributed by atoms with van der Waals surface area (Å²) in [7, 11) is 0. The molecule has 0 aromatic heterocycles. The van der Waals surface area contributed by atoms with Gasteiger partial charge in [0.2, 0.25) is 0 Å². The predicted octanol–water partition coefficient (Wildman–Crippen LogP) is 4.47. The van der Waals surface area contributed by atoms with Crippen molar-refractivity contribution in [3.05, 3.63) is 41.5 Å². The van der Waals surface area contributed by atoms with Gasteiger partial charge in [0.05, 0.1) is 5.56 Å².